The summed E-state index contributed by atoms with van der Waals surface area (Å²) in [7, 11) is 0. The smallest absolute Gasteiger partial charge is 0.313 e. The summed E-state index contributed by atoms with van der Waals surface area (Å²) in [5, 5.41) is 0. The molecule has 2 heterocycles. The van der Waals surface area contributed by atoms with Crippen LogP contribution < -0.4 is 5.69 Å². The summed E-state index contributed by atoms with van der Waals surface area (Å²) in [6, 6.07) is 3.79. The van der Waals surface area contributed by atoms with Crippen LogP contribution in [0.1, 0.15) is 5.56 Å². The van der Waals surface area contributed by atoms with Gasteiger partial charge in [0.05, 0.1) is 6.54 Å². The van der Waals surface area contributed by atoms with E-state index in [2.05, 4.69) is 9.97 Å². The molecule has 66 valence electrons. The van der Waals surface area contributed by atoms with Gasteiger partial charge < -0.3 is 4.98 Å². The monoisotopic (exact) mass is 175 g/mol. The number of pyridine rings is 1. The van der Waals surface area contributed by atoms with Crippen molar-refractivity contribution >= 4 is 0 Å². The third-order valence-electron chi connectivity index (χ3n) is 1.80. The molecule has 0 bridgehead atoms. The van der Waals surface area contributed by atoms with Gasteiger partial charge >= 0.3 is 5.69 Å². The van der Waals surface area contributed by atoms with E-state index in [1.165, 1.54) is 0 Å². The van der Waals surface area contributed by atoms with Crippen molar-refractivity contribution in [3.05, 3.63) is 53.0 Å². The second-order valence-electron chi connectivity index (χ2n) is 2.75. The summed E-state index contributed by atoms with van der Waals surface area (Å²) in [6.45, 7) is 0.566. The number of nitrogens with one attached hydrogen (secondary N) is 1. The fraction of sp³-hybridized carbons (Fsp3) is 0.111. The highest BCUT2D eigenvalue weighted by atomic mass is 16.1. The predicted octanol–water partition coefficient (Wildman–Crippen LogP) is 0.620. The molecule has 2 rings (SSSR count). The molecular weight excluding hydrogens is 166 g/mol. The molecule has 0 fully saturated rings. The van der Waals surface area contributed by atoms with E-state index in [0.29, 0.717) is 6.54 Å². The van der Waals surface area contributed by atoms with Crippen LogP contribution in [-0.2, 0) is 6.54 Å². The Balaban J connectivity index is 2.25. The number of nitrogens with zero attached hydrogens (tertiary/aromatic N) is 2. The lowest BCUT2D eigenvalue weighted by atomic mass is 10.3. The van der Waals surface area contributed by atoms with Crippen molar-refractivity contribution in [2.45, 2.75) is 6.54 Å². The highest BCUT2D eigenvalue weighted by Gasteiger charge is 1.96. The standard InChI is InChI=1S/C9H9N3O/c13-9-11-4-5-12(9)7-8-2-1-3-10-6-8/h1-6H,7H2,(H,11,13). The molecule has 4 heteroatoms. The van der Waals surface area contributed by atoms with Gasteiger partial charge in [0.2, 0.25) is 0 Å². The van der Waals surface area contributed by atoms with Gasteiger partial charge in [0.1, 0.15) is 0 Å². The summed E-state index contributed by atoms with van der Waals surface area (Å²) in [5.41, 5.74) is 0.924. The largest absolute Gasteiger partial charge is 0.325 e. The third-order valence-corrected chi connectivity index (χ3v) is 1.80. The Morgan fingerprint density at radius 3 is 3.08 bits per heavy atom. The molecule has 0 unspecified atom stereocenters. The molecule has 1 N–H and O–H groups in total. The molecule has 0 spiro atoms. The molecule has 2 aromatic rings. The van der Waals surface area contributed by atoms with Crippen LogP contribution in [0.3, 0.4) is 0 Å². The Morgan fingerprint density at radius 1 is 1.54 bits per heavy atom. The fourth-order valence-electron chi connectivity index (χ4n) is 1.16. The van der Waals surface area contributed by atoms with Crippen LogP contribution in [-0.4, -0.2) is 14.5 Å². The van der Waals surface area contributed by atoms with E-state index in [9.17, 15) is 4.79 Å². The van der Waals surface area contributed by atoms with E-state index in [0.717, 1.165) is 5.56 Å². The normalized spacial score (nSPS) is 10.2. The van der Waals surface area contributed by atoms with Crippen molar-refractivity contribution in [1.29, 1.82) is 0 Å². The van der Waals surface area contributed by atoms with Crippen molar-refractivity contribution in [3.63, 3.8) is 0 Å². The van der Waals surface area contributed by atoms with Crippen molar-refractivity contribution in [2.75, 3.05) is 0 Å². The topological polar surface area (TPSA) is 50.7 Å². The molecule has 0 saturated heterocycles. The number of hydrogen-bond donors (Lipinski definition) is 1. The average Bonchev–Trinajstić information content (AvgIpc) is 2.54. The second-order valence-corrected chi connectivity index (χ2v) is 2.75. The summed E-state index contributed by atoms with van der Waals surface area (Å²) < 4.78 is 1.59. The highest BCUT2D eigenvalue weighted by Crippen LogP contribution is 1.96. The molecule has 0 aliphatic heterocycles. The number of imidazole rings is 1. The first-order valence-corrected chi connectivity index (χ1v) is 3.99. The van der Waals surface area contributed by atoms with Gasteiger partial charge in [-0.2, -0.15) is 0 Å². The molecule has 0 aliphatic rings. The summed E-state index contributed by atoms with van der Waals surface area (Å²) >= 11 is 0. The zero-order chi connectivity index (χ0) is 9.10. The molecule has 0 amide bonds. The van der Waals surface area contributed by atoms with Crippen LogP contribution in [0.15, 0.2) is 41.7 Å². The average molecular weight is 175 g/mol. The molecule has 2 aromatic heterocycles. The minimum absolute atomic E-state index is 0.0937. The lowest BCUT2D eigenvalue weighted by Crippen LogP contribution is -2.16. The Hall–Kier alpha value is -1.84. The van der Waals surface area contributed by atoms with Gasteiger partial charge in [-0.15, -0.1) is 0 Å². The Kier molecular flexibility index (Phi) is 1.96. The van der Waals surface area contributed by atoms with Crippen LogP contribution in [0.5, 0.6) is 0 Å². The maximum absolute atomic E-state index is 11.1. The number of rotatable bonds is 2. The molecule has 0 aliphatic carbocycles. The minimum atomic E-state index is -0.0937. The van der Waals surface area contributed by atoms with E-state index < -0.39 is 0 Å². The van der Waals surface area contributed by atoms with Gasteiger partial charge in [0.15, 0.2) is 0 Å². The van der Waals surface area contributed by atoms with Gasteiger partial charge in [-0.1, -0.05) is 6.07 Å². The van der Waals surface area contributed by atoms with Gasteiger partial charge in [0.25, 0.3) is 0 Å². The predicted molar refractivity (Wildman–Crippen MR) is 48.4 cm³/mol. The van der Waals surface area contributed by atoms with Crippen LogP contribution in [0, 0.1) is 0 Å². The number of aromatic amines is 1. The minimum Gasteiger partial charge on any atom is -0.313 e. The first kappa shape index (κ1) is 7.79. The first-order chi connectivity index (χ1) is 6.36. The van der Waals surface area contributed by atoms with Gasteiger partial charge in [-0.3, -0.25) is 9.55 Å². The van der Waals surface area contributed by atoms with E-state index in [4.69, 9.17) is 0 Å². The number of aromatic nitrogens is 3. The van der Waals surface area contributed by atoms with Crippen molar-refractivity contribution < 1.29 is 0 Å². The molecular formula is C9H9N3O. The summed E-state index contributed by atoms with van der Waals surface area (Å²) in [6.07, 6.45) is 6.80. The number of hydrogen-bond acceptors (Lipinski definition) is 2. The zero-order valence-electron chi connectivity index (χ0n) is 6.97. The maximum Gasteiger partial charge on any atom is 0.325 e. The van der Waals surface area contributed by atoms with Gasteiger partial charge in [0, 0.05) is 24.8 Å². The van der Waals surface area contributed by atoms with E-state index in [1.54, 1.807) is 29.4 Å². The number of H-pyrrole nitrogens is 1. The van der Waals surface area contributed by atoms with Crippen molar-refractivity contribution in [3.8, 4) is 0 Å². The van der Waals surface area contributed by atoms with E-state index >= 15 is 0 Å². The molecule has 13 heavy (non-hydrogen) atoms. The van der Waals surface area contributed by atoms with E-state index in [1.807, 2.05) is 12.1 Å². The van der Waals surface area contributed by atoms with Gasteiger partial charge in [-0.25, -0.2) is 4.79 Å². The summed E-state index contributed by atoms with van der Waals surface area (Å²) in [5.74, 6) is 0. The zero-order valence-corrected chi connectivity index (χ0v) is 6.97. The molecule has 0 aromatic carbocycles. The highest BCUT2D eigenvalue weighted by molar-refractivity contribution is 5.08. The SMILES string of the molecule is O=c1[nH]ccn1Cc1cccnc1. The van der Waals surface area contributed by atoms with Crippen LogP contribution in [0.25, 0.3) is 0 Å². The lowest BCUT2D eigenvalue weighted by molar-refractivity contribution is 0.759. The second kappa shape index (κ2) is 3.26. The maximum atomic E-state index is 11.1. The third kappa shape index (κ3) is 1.66. The Morgan fingerprint density at radius 2 is 2.46 bits per heavy atom. The molecule has 0 atom stereocenters. The molecule has 0 radical (unpaired) electrons. The summed E-state index contributed by atoms with van der Waals surface area (Å²) in [4.78, 5) is 17.7. The van der Waals surface area contributed by atoms with Crippen LogP contribution in [0.4, 0.5) is 0 Å². The van der Waals surface area contributed by atoms with Crippen LogP contribution >= 0.6 is 0 Å². The van der Waals surface area contributed by atoms with E-state index in [-0.39, 0.29) is 5.69 Å². The Labute approximate surface area is 74.9 Å². The van der Waals surface area contributed by atoms with Crippen LogP contribution in [0.2, 0.25) is 0 Å². The van der Waals surface area contributed by atoms with Gasteiger partial charge in [-0.05, 0) is 11.6 Å². The quantitative estimate of drug-likeness (QED) is 0.727. The lowest BCUT2D eigenvalue weighted by Gasteiger charge is -1.99. The fourth-order valence-corrected chi connectivity index (χ4v) is 1.16. The van der Waals surface area contributed by atoms with Crippen molar-refractivity contribution in [1.82, 2.24) is 14.5 Å². The first-order valence-electron chi connectivity index (χ1n) is 3.99. The molecule has 4 nitrogen and oxygen atoms in total. The van der Waals surface area contributed by atoms with Crippen molar-refractivity contribution in [2.24, 2.45) is 0 Å². The molecule has 0 saturated carbocycles. The Bertz CT molecular complexity index is 429.